The second-order valence-corrected chi connectivity index (χ2v) is 4.86. The van der Waals surface area contributed by atoms with Crippen LogP contribution in [0.1, 0.15) is 36.8 Å². The molecule has 0 aromatic carbocycles. The molecule has 0 bridgehead atoms. The highest BCUT2D eigenvalue weighted by atomic mass is 16.6. The highest BCUT2D eigenvalue weighted by Crippen LogP contribution is 2.06. The molecule has 1 amide bonds. The molecule has 20 heavy (non-hydrogen) atoms. The van der Waals surface area contributed by atoms with E-state index in [1.165, 1.54) is 6.20 Å². The molecule has 0 unspecified atom stereocenters. The zero-order chi connectivity index (χ0) is 15.2. The Morgan fingerprint density at radius 2 is 2.15 bits per heavy atom. The van der Waals surface area contributed by atoms with E-state index in [4.69, 9.17) is 9.84 Å². The first kappa shape index (κ1) is 15.5. The average molecular weight is 276 g/mol. The summed E-state index contributed by atoms with van der Waals surface area (Å²) >= 11 is 0. The van der Waals surface area contributed by atoms with E-state index in [1.54, 1.807) is 32.9 Å². The van der Waals surface area contributed by atoms with Crippen LogP contribution < -0.4 is 5.32 Å². The summed E-state index contributed by atoms with van der Waals surface area (Å²) in [4.78, 5) is 26.0. The van der Waals surface area contributed by atoms with Gasteiger partial charge in [0.25, 0.3) is 0 Å². The Bertz CT molecular complexity index is 565. The van der Waals surface area contributed by atoms with Crippen molar-refractivity contribution in [2.75, 3.05) is 6.54 Å². The lowest BCUT2D eigenvalue weighted by Gasteiger charge is -2.18. The predicted molar refractivity (Wildman–Crippen MR) is 72.3 cm³/mol. The lowest BCUT2D eigenvalue weighted by atomic mass is 10.2. The van der Waals surface area contributed by atoms with Gasteiger partial charge < -0.3 is 15.2 Å². The van der Waals surface area contributed by atoms with Crippen molar-refractivity contribution in [1.29, 1.82) is 0 Å². The first-order chi connectivity index (χ1) is 9.29. The topological polar surface area (TPSA) is 88.5 Å². The molecule has 1 aromatic heterocycles. The van der Waals surface area contributed by atoms with Crippen LogP contribution in [0.5, 0.6) is 0 Å². The van der Waals surface area contributed by atoms with Crippen LogP contribution in [0, 0.1) is 11.8 Å². The molecule has 106 valence electrons. The van der Waals surface area contributed by atoms with Crippen molar-refractivity contribution in [2.45, 2.75) is 26.4 Å². The molecule has 0 radical (unpaired) electrons. The number of carboxylic acids is 1. The summed E-state index contributed by atoms with van der Waals surface area (Å²) in [6, 6.07) is 3.15. The predicted octanol–water partition coefficient (Wildman–Crippen LogP) is 1.66. The molecule has 1 rings (SSSR count). The van der Waals surface area contributed by atoms with Crippen molar-refractivity contribution in [3.63, 3.8) is 0 Å². The van der Waals surface area contributed by atoms with E-state index in [0.29, 0.717) is 5.56 Å². The number of amides is 1. The highest BCUT2D eigenvalue weighted by molar-refractivity contribution is 5.88. The summed E-state index contributed by atoms with van der Waals surface area (Å²) in [6.07, 6.45) is 0.810. The third kappa shape index (κ3) is 5.40. The van der Waals surface area contributed by atoms with Crippen molar-refractivity contribution in [3.8, 4) is 11.8 Å². The van der Waals surface area contributed by atoms with E-state index < -0.39 is 17.7 Å². The number of ether oxygens (including phenoxy) is 1. The van der Waals surface area contributed by atoms with E-state index in [-0.39, 0.29) is 12.2 Å². The summed E-state index contributed by atoms with van der Waals surface area (Å²) in [7, 11) is 0. The van der Waals surface area contributed by atoms with Crippen LogP contribution in [0.25, 0.3) is 0 Å². The van der Waals surface area contributed by atoms with Crippen molar-refractivity contribution in [3.05, 3.63) is 29.6 Å². The fraction of sp³-hybridized carbons (Fsp3) is 0.357. The van der Waals surface area contributed by atoms with E-state index >= 15 is 0 Å². The number of hydrogen-bond donors (Lipinski definition) is 2. The standard InChI is InChI=1S/C14H16N2O4/c1-14(2,3)20-13(19)16-9-5-7-10-6-4-8-15-11(10)12(17)18/h4,6,8H,9H2,1-3H3,(H,16,19)(H,17,18). The first-order valence-electron chi connectivity index (χ1n) is 5.93. The third-order valence-electron chi connectivity index (χ3n) is 1.95. The molecule has 6 heteroatoms. The molecule has 0 saturated heterocycles. The lowest BCUT2D eigenvalue weighted by molar-refractivity contribution is 0.0534. The molecule has 1 aromatic rings. The van der Waals surface area contributed by atoms with Gasteiger partial charge in [-0.15, -0.1) is 0 Å². The molecule has 6 nitrogen and oxygen atoms in total. The maximum Gasteiger partial charge on any atom is 0.408 e. The van der Waals surface area contributed by atoms with Crippen molar-refractivity contribution < 1.29 is 19.4 Å². The van der Waals surface area contributed by atoms with E-state index in [1.807, 2.05) is 0 Å². The van der Waals surface area contributed by atoms with Gasteiger partial charge in [0, 0.05) is 6.20 Å². The van der Waals surface area contributed by atoms with Gasteiger partial charge in [-0.3, -0.25) is 0 Å². The molecular formula is C14H16N2O4. The van der Waals surface area contributed by atoms with Crippen LogP contribution in [-0.4, -0.2) is 34.3 Å². The second kappa shape index (κ2) is 6.57. The molecule has 0 saturated carbocycles. The van der Waals surface area contributed by atoms with Crippen molar-refractivity contribution in [2.24, 2.45) is 0 Å². The quantitative estimate of drug-likeness (QED) is 0.802. The molecule has 0 aliphatic rings. The van der Waals surface area contributed by atoms with Crippen LogP contribution in [0.3, 0.4) is 0 Å². The van der Waals surface area contributed by atoms with Gasteiger partial charge in [-0.25, -0.2) is 14.6 Å². The Morgan fingerprint density at radius 3 is 2.75 bits per heavy atom. The van der Waals surface area contributed by atoms with Gasteiger partial charge in [0.1, 0.15) is 5.60 Å². The molecule has 0 aliphatic carbocycles. The number of pyridine rings is 1. The summed E-state index contributed by atoms with van der Waals surface area (Å²) in [6.45, 7) is 5.33. The Balaban J connectivity index is 2.60. The Kier molecular flexibility index (Phi) is 5.09. The van der Waals surface area contributed by atoms with E-state index in [9.17, 15) is 9.59 Å². The van der Waals surface area contributed by atoms with Gasteiger partial charge in [0.2, 0.25) is 0 Å². The first-order valence-corrected chi connectivity index (χ1v) is 5.93. The number of rotatable bonds is 2. The zero-order valence-corrected chi connectivity index (χ0v) is 11.6. The zero-order valence-electron chi connectivity index (χ0n) is 11.6. The normalized spacial score (nSPS) is 10.2. The third-order valence-corrected chi connectivity index (χ3v) is 1.95. The minimum absolute atomic E-state index is 0.0584. The number of aromatic carboxylic acids is 1. The Labute approximate surface area is 117 Å². The summed E-state index contributed by atoms with van der Waals surface area (Å²) in [5, 5.41) is 11.4. The molecule has 0 aliphatic heterocycles. The van der Waals surface area contributed by atoms with Gasteiger partial charge in [-0.2, -0.15) is 0 Å². The molecule has 0 spiro atoms. The monoisotopic (exact) mass is 276 g/mol. The summed E-state index contributed by atoms with van der Waals surface area (Å²) in [5.41, 5.74) is -0.389. The fourth-order valence-electron chi connectivity index (χ4n) is 1.25. The number of nitrogens with one attached hydrogen (secondary N) is 1. The molecule has 0 atom stereocenters. The molecule has 1 heterocycles. The molecule has 2 N–H and O–H groups in total. The molecular weight excluding hydrogens is 260 g/mol. The number of hydrogen-bond acceptors (Lipinski definition) is 4. The SMILES string of the molecule is CC(C)(C)OC(=O)NCC#Cc1cccnc1C(=O)O. The van der Waals surface area contributed by atoms with E-state index in [0.717, 1.165) is 0 Å². The van der Waals surface area contributed by atoms with Crippen LogP contribution in [0.4, 0.5) is 4.79 Å². The van der Waals surface area contributed by atoms with E-state index in [2.05, 4.69) is 22.1 Å². The van der Waals surface area contributed by atoms with Gasteiger partial charge >= 0.3 is 12.1 Å². The van der Waals surface area contributed by atoms with Gasteiger partial charge in [0.05, 0.1) is 12.1 Å². The average Bonchev–Trinajstić information content (AvgIpc) is 2.33. The number of carboxylic acid groups (broad SMARTS) is 1. The Hall–Kier alpha value is -2.55. The number of nitrogens with zero attached hydrogens (tertiary/aromatic N) is 1. The van der Waals surface area contributed by atoms with Gasteiger partial charge in [-0.1, -0.05) is 11.8 Å². The minimum Gasteiger partial charge on any atom is -0.476 e. The van der Waals surface area contributed by atoms with Crippen LogP contribution in [0.15, 0.2) is 18.3 Å². The van der Waals surface area contributed by atoms with Crippen LogP contribution in [-0.2, 0) is 4.74 Å². The summed E-state index contributed by atoms with van der Waals surface area (Å²) in [5.74, 6) is 4.15. The van der Waals surface area contributed by atoms with Gasteiger partial charge in [0.15, 0.2) is 5.69 Å². The minimum atomic E-state index is -1.14. The van der Waals surface area contributed by atoms with Gasteiger partial charge in [-0.05, 0) is 32.9 Å². The number of carbonyl (C=O) groups excluding carboxylic acids is 1. The largest absolute Gasteiger partial charge is 0.476 e. The van der Waals surface area contributed by atoms with Crippen LogP contribution in [0.2, 0.25) is 0 Å². The van der Waals surface area contributed by atoms with Crippen LogP contribution >= 0.6 is 0 Å². The number of carbonyl (C=O) groups is 2. The molecule has 0 fully saturated rings. The Morgan fingerprint density at radius 1 is 1.45 bits per heavy atom. The number of aromatic nitrogens is 1. The van der Waals surface area contributed by atoms with Crippen molar-refractivity contribution >= 4 is 12.1 Å². The fourth-order valence-corrected chi connectivity index (χ4v) is 1.25. The van der Waals surface area contributed by atoms with Crippen molar-refractivity contribution in [1.82, 2.24) is 10.3 Å². The highest BCUT2D eigenvalue weighted by Gasteiger charge is 2.15. The lowest BCUT2D eigenvalue weighted by Crippen LogP contribution is -2.32. The second-order valence-electron chi connectivity index (χ2n) is 4.86. The number of alkyl carbamates (subject to hydrolysis) is 1. The summed E-state index contributed by atoms with van der Waals surface area (Å²) < 4.78 is 5.03. The smallest absolute Gasteiger partial charge is 0.408 e. The maximum absolute atomic E-state index is 11.3. The maximum atomic E-state index is 11.3.